The highest BCUT2D eigenvalue weighted by molar-refractivity contribution is 6.43. The van der Waals surface area contributed by atoms with Gasteiger partial charge in [0.05, 0.1) is 22.3 Å². The fraction of sp³-hybridized carbons (Fsp3) is 0.500. The average molecular weight is 318 g/mol. The van der Waals surface area contributed by atoms with E-state index in [0.717, 1.165) is 6.54 Å². The van der Waals surface area contributed by atoms with Crippen LogP contribution in [0, 0.1) is 5.41 Å². The summed E-state index contributed by atoms with van der Waals surface area (Å²) in [4.78, 5) is 13.9. The summed E-state index contributed by atoms with van der Waals surface area (Å²) >= 11 is 11.9. The Bertz CT molecular complexity index is 477. The molecule has 0 aliphatic carbocycles. The summed E-state index contributed by atoms with van der Waals surface area (Å²) in [5.41, 5.74) is 6.18. The second kappa shape index (κ2) is 7.27. The van der Waals surface area contributed by atoms with Crippen molar-refractivity contribution in [3.63, 3.8) is 0 Å². The number of anilines is 1. The van der Waals surface area contributed by atoms with Crippen LogP contribution in [0.4, 0.5) is 5.69 Å². The van der Waals surface area contributed by atoms with Crippen LogP contribution < -0.4 is 11.1 Å². The van der Waals surface area contributed by atoms with Gasteiger partial charge in [-0.15, -0.1) is 0 Å². The summed E-state index contributed by atoms with van der Waals surface area (Å²) < 4.78 is 0. The van der Waals surface area contributed by atoms with Crippen molar-refractivity contribution in [1.29, 1.82) is 0 Å². The predicted octanol–water partition coefficient (Wildman–Crippen LogP) is 2.85. The molecule has 0 saturated carbocycles. The average Bonchev–Trinajstić information content (AvgIpc) is 2.34. The van der Waals surface area contributed by atoms with Gasteiger partial charge in [-0.05, 0) is 31.1 Å². The van der Waals surface area contributed by atoms with Crippen molar-refractivity contribution in [3.05, 3.63) is 28.2 Å². The van der Waals surface area contributed by atoms with Crippen LogP contribution in [-0.4, -0.2) is 37.5 Å². The minimum atomic E-state index is -0.135. The lowest BCUT2D eigenvalue weighted by atomic mass is 9.93. The van der Waals surface area contributed by atoms with Gasteiger partial charge in [-0.2, -0.15) is 0 Å². The number of amides is 1. The maximum Gasteiger partial charge on any atom is 0.238 e. The van der Waals surface area contributed by atoms with E-state index in [-0.39, 0.29) is 17.9 Å². The maximum absolute atomic E-state index is 12.0. The van der Waals surface area contributed by atoms with Crippen molar-refractivity contribution < 1.29 is 4.79 Å². The Labute approximate surface area is 130 Å². The highest BCUT2D eigenvalue weighted by Gasteiger charge is 2.19. The van der Waals surface area contributed by atoms with Crippen LogP contribution in [0.3, 0.4) is 0 Å². The fourth-order valence-corrected chi connectivity index (χ4v) is 2.23. The Balaban J connectivity index is 2.58. The van der Waals surface area contributed by atoms with Crippen molar-refractivity contribution in [2.24, 2.45) is 11.1 Å². The van der Waals surface area contributed by atoms with Crippen LogP contribution in [0.1, 0.15) is 13.8 Å². The van der Waals surface area contributed by atoms with Gasteiger partial charge in [-0.1, -0.05) is 43.1 Å². The molecule has 0 aromatic heterocycles. The van der Waals surface area contributed by atoms with Gasteiger partial charge in [0.15, 0.2) is 0 Å². The van der Waals surface area contributed by atoms with Gasteiger partial charge < -0.3 is 11.1 Å². The minimum Gasteiger partial charge on any atom is -0.330 e. The molecule has 0 aliphatic rings. The number of likely N-dealkylation sites (N-methyl/N-ethyl adjacent to an activating group) is 1. The zero-order valence-corrected chi connectivity index (χ0v) is 13.6. The first-order valence-electron chi connectivity index (χ1n) is 6.37. The van der Waals surface area contributed by atoms with Crippen molar-refractivity contribution in [1.82, 2.24) is 4.90 Å². The maximum atomic E-state index is 12.0. The molecule has 1 aromatic rings. The van der Waals surface area contributed by atoms with Crippen molar-refractivity contribution >= 4 is 34.8 Å². The molecule has 0 saturated heterocycles. The minimum absolute atomic E-state index is 0.0251. The molecule has 0 atom stereocenters. The number of nitrogens with one attached hydrogen (secondary N) is 1. The van der Waals surface area contributed by atoms with Gasteiger partial charge in [0.2, 0.25) is 5.91 Å². The van der Waals surface area contributed by atoms with Crippen LogP contribution in [0.15, 0.2) is 18.2 Å². The normalized spacial score (nSPS) is 11.8. The Hall–Kier alpha value is -0.810. The molecule has 1 rings (SSSR count). The van der Waals surface area contributed by atoms with Gasteiger partial charge in [0.1, 0.15) is 0 Å². The molecule has 6 heteroatoms. The fourth-order valence-electron chi connectivity index (χ4n) is 1.89. The summed E-state index contributed by atoms with van der Waals surface area (Å²) in [6.45, 7) is 5.70. The lowest BCUT2D eigenvalue weighted by Crippen LogP contribution is -2.40. The van der Waals surface area contributed by atoms with Gasteiger partial charge in [0, 0.05) is 6.54 Å². The molecule has 0 radical (unpaired) electrons. The molecule has 4 nitrogen and oxygen atoms in total. The van der Waals surface area contributed by atoms with E-state index >= 15 is 0 Å². The Morgan fingerprint density at radius 2 is 2.05 bits per heavy atom. The van der Waals surface area contributed by atoms with Crippen LogP contribution in [-0.2, 0) is 4.79 Å². The van der Waals surface area contributed by atoms with E-state index in [1.54, 1.807) is 18.2 Å². The standard InChI is InChI=1S/C14H21Cl2N3O/c1-14(2,8-17)9-19(3)7-12(20)18-11-6-4-5-10(15)13(11)16/h4-6H,7-9,17H2,1-3H3,(H,18,20). The highest BCUT2D eigenvalue weighted by Crippen LogP contribution is 2.29. The molecule has 20 heavy (non-hydrogen) atoms. The smallest absolute Gasteiger partial charge is 0.238 e. The topological polar surface area (TPSA) is 58.4 Å². The van der Waals surface area contributed by atoms with Crippen LogP contribution >= 0.6 is 23.2 Å². The zero-order valence-electron chi connectivity index (χ0n) is 12.0. The Morgan fingerprint density at radius 1 is 1.40 bits per heavy atom. The molecule has 1 aromatic carbocycles. The lowest BCUT2D eigenvalue weighted by molar-refractivity contribution is -0.117. The number of rotatable bonds is 6. The SMILES string of the molecule is CN(CC(=O)Nc1cccc(Cl)c1Cl)CC(C)(C)CN. The van der Waals surface area contributed by atoms with Gasteiger partial charge in [0.25, 0.3) is 0 Å². The second-order valence-corrected chi connectivity index (χ2v) is 6.48. The first kappa shape index (κ1) is 17.2. The van der Waals surface area contributed by atoms with E-state index in [2.05, 4.69) is 19.2 Å². The third-order valence-corrected chi connectivity index (χ3v) is 3.71. The van der Waals surface area contributed by atoms with Gasteiger partial charge in [-0.25, -0.2) is 0 Å². The number of hydrogen-bond acceptors (Lipinski definition) is 3. The summed E-state index contributed by atoms with van der Waals surface area (Å²) in [6.07, 6.45) is 0. The Kier molecular flexibility index (Phi) is 6.27. The van der Waals surface area contributed by atoms with Gasteiger partial charge >= 0.3 is 0 Å². The van der Waals surface area contributed by atoms with E-state index < -0.39 is 0 Å². The third kappa shape index (κ3) is 5.29. The summed E-state index contributed by atoms with van der Waals surface area (Å²) in [6, 6.07) is 5.14. The first-order chi connectivity index (χ1) is 9.25. The Morgan fingerprint density at radius 3 is 2.65 bits per heavy atom. The van der Waals surface area contributed by atoms with Crippen LogP contribution in [0.2, 0.25) is 10.0 Å². The highest BCUT2D eigenvalue weighted by atomic mass is 35.5. The molecular weight excluding hydrogens is 297 g/mol. The number of carbonyl (C=O) groups is 1. The lowest BCUT2D eigenvalue weighted by Gasteiger charge is -2.28. The van der Waals surface area contributed by atoms with Crippen LogP contribution in [0.5, 0.6) is 0 Å². The third-order valence-electron chi connectivity index (χ3n) is 2.89. The largest absolute Gasteiger partial charge is 0.330 e. The molecule has 0 spiro atoms. The number of halogens is 2. The monoisotopic (exact) mass is 317 g/mol. The second-order valence-electron chi connectivity index (χ2n) is 5.69. The number of carbonyl (C=O) groups excluding carboxylic acids is 1. The molecule has 0 aliphatic heterocycles. The molecule has 0 fully saturated rings. The summed E-state index contributed by atoms with van der Waals surface area (Å²) in [5.74, 6) is -0.135. The molecule has 0 unspecified atom stereocenters. The van der Waals surface area contributed by atoms with Crippen LogP contribution in [0.25, 0.3) is 0 Å². The molecule has 0 bridgehead atoms. The molecule has 0 heterocycles. The molecule has 112 valence electrons. The number of hydrogen-bond donors (Lipinski definition) is 2. The van der Waals surface area contributed by atoms with E-state index in [0.29, 0.717) is 22.3 Å². The van der Waals surface area contributed by atoms with Crippen molar-refractivity contribution in [2.45, 2.75) is 13.8 Å². The number of nitrogens with zero attached hydrogens (tertiary/aromatic N) is 1. The van der Waals surface area contributed by atoms with E-state index in [1.807, 2.05) is 11.9 Å². The predicted molar refractivity (Wildman–Crippen MR) is 85.4 cm³/mol. The molecule has 3 N–H and O–H groups in total. The number of benzene rings is 1. The van der Waals surface area contributed by atoms with E-state index in [9.17, 15) is 4.79 Å². The van der Waals surface area contributed by atoms with E-state index in [4.69, 9.17) is 28.9 Å². The summed E-state index contributed by atoms with van der Waals surface area (Å²) in [7, 11) is 1.89. The molecule has 1 amide bonds. The molecular formula is C14H21Cl2N3O. The van der Waals surface area contributed by atoms with Gasteiger partial charge in [-0.3, -0.25) is 9.69 Å². The van der Waals surface area contributed by atoms with Crippen molar-refractivity contribution in [2.75, 3.05) is 32.0 Å². The van der Waals surface area contributed by atoms with Crippen molar-refractivity contribution in [3.8, 4) is 0 Å². The summed E-state index contributed by atoms with van der Waals surface area (Å²) in [5, 5.41) is 3.53. The quantitative estimate of drug-likeness (QED) is 0.848. The zero-order chi connectivity index (χ0) is 15.3. The first-order valence-corrected chi connectivity index (χ1v) is 7.13. The van der Waals surface area contributed by atoms with E-state index in [1.165, 1.54) is 0 Å². The number of nitrogens with two attached hydrogens (primary N) is 1.